The van der Waals surface area contributed by atoms with Crippen molar-refractivity contribution in [1.82, 2.24) is 9.88 Å². The molecule has 3 heteroatoms. The zero-order valence-electron chi connectivity index (χ0n) is 9.03. The van der Waals surface area contributed by atoms with Gasteiger partial charge in [-0.15, -0.1) is 6.42 Å². The molecule has 0 aliphatic carbocycles. The molecule has 0 radical (unpaired) electrons. The van der Waals surface area contributed by atoms with E-state index in [0.29, 0.717) is 12.1 Å². The van der Waals surface area contributed by atoms with E-state index >= 15 is 0 Å². The van der Waals surface area contributed by atoms with Crippen molar-refractivity contribution >= 4 is 16.8 Å². The summed E-state index contributed by atoms with van der Waals surface area (Å²) < 4.78 is 0. The second-order valence-electron chi connectivity index (χ2n) is 3.61. The Morgan fingerprint density at radius 3 is 3.06 bits per heavy atom. The lowest BCUT2D eigenvalue weighted by molar-refractivity contribution is 0.0814. The first-order valence-electron chi connectivity index (χ1n) is 4.99. The molecule has 0 atom stereocenters. The molecule has 0 unspecified atom stereocenters. The Morgan fingerprint density at radius 2 is 2.31 bits per heavy atom. The Morgan fingerprint density at radius 1 is 1.50 bits per heavy atom. The summed E-state index contributed by atoms with van der Waals surface area (Å²) in [5.74, 6) is 2.39. The number of nitrogens with zero attached hydrogens (tertiary/aromatic N) is 1. The van der Waals surface area contributed by atoms with Gasteiger partial charge in [0.2, 0.25) is 0 Å². The highest BCUT2D eigenvalue weighted by Crippen LogP contribution is 2.17. The first kappa shape index (κ1) is 10.3. The Hall–Kier alpha value is -2.21. The average Bonchev–Trinajstić information content (AvgIpc) is 2.76. The number of carbonyl (C=O) groups excluding carboxylic acids is 1. The molecule has 0 fully saturated rings. The van der Waals surface area contributed by atoms with E-state index in [-0.39, 0.29) is 5.91 Å². The minimum absolute atomic E-state index is 0.0639. The maximum atomic E-state index is 12.1. The molecule has 1 N–H and O–H groups in total. The van der Waals surface area contributed by atoms with Crippen LogP contribution in [-0.2, 0) is 0 Å². The quantitative estimate of drug-likeness (QED) is 0.758. The van der Waals surface area contributed by atoms with Crippen LogP contribution in [0.15, 0.2) is 30.5 Å². The summed E-state index contributed by atoms with van der Waals surface area (Å²) in [5, 5.41) is 1.03. The molecular weight excluding hydrogens is 200 g/mol. The van der Waals surface area contributed by atoms with Crippen LogP contribution in [0, 0.1) is 12.3 Å². The van der Waals surface area contributed by atoms with Gasteiger partial charge in [-0.2, -0.15) is 0 Å². The SMILES string of the molecule is C#CCN(C)C(=O)c1cccc2cc[nH]c12. The van der Waals surface area contributed by atoms with E-state index in [9.17, 15) is 4.79 Å². The van der Waals surface area contributed by atoms with Crippen molar-refractivity contribution in [2.75, 3.05) is 13.6 Å². The molecule has 0 aliphatic rings. The highest BCUT2D eigenvalue weighted by atomic mass is 16.2. The van der Waals surface area contributed by atoms with Crippen LogP contribution in [0.4, 0.5) is 0 Å². The third-order valence-corrected chi connectivity index (χ3v) is 2.49. The third kappa shape index (κ3) is 1.66. The largest absolute Gasteiger partial charge is 0.361 e. The zero-order valence-corrected chi connectivity index (χ0v) is 9.03. The molecule has 1 heterocycles. The molecule has 0 saturated carbocycles. The van der Waals surface area contributed by atoms with Crippen molar-refractivity contribution in [3.05, 3.63) is 36.0 Å². The van der Waals surface area contributed by atoms with Crippen LogP contribution in [0.5, 0.6) is 0 Å². The molecule has 0 saturated heterocycles. The van der Waals surface area contributed by atoms with Gasteiger partial charge in [0.15, 0.2) is 0 Å². The van der Waals surface area contributed by atoms with Crippen molar-refractivity contribution < 1.29 is 4.79 Å². The number of H-pyrrole nitrogens is 1. The smallest absolute Gasteiger partial charge is 0.256 e. The van der Waals surface area contributed by atoms with Gasteiger partial charge >= 0.3 is 0 Å². The normalized spacial score (nSPS) is 10.0. The molecule has 2 aromatic rings. The van der Waals surface area contributed by atoms with Gasteiger partial charge in [0, 0.05) is 18.6 Å². The van der Waals surface area contributed by atoms with Crippen LogP contribution in [0.25, 0.3) is 10.9 Å². The second-order valence-corrected chi connectivity index (χ2v) is 3.61. The second kappa shape index (κ2) is 4.11. The average molecular weight is 212 g/mol. The number of hydrogen-bond donors (Lipinski definition) is 1. The molecular formula is C13H12N2O. The summed E-state index contributed by atoms with van der Waals surface area (Å²) in [4.78, 5) is 16.6. The summed E-state index contributed by atoms with van der Waals surface area (Å²) >= 11 is 0. The Bertz CT molecular complexity index is 563. The van der Waals surface area contributed by atoms with E-state index in [0.717, 1.165) is 10.9 Å². The van der Waals surface area contributed by atoms with Gasteiger partial charge in [-0.05, 0) is 12.1 Å². The molecule has 0 bridgehead atoms. The number of terminal acetylenes is 1. The summed E-state index contributed by atoms with van der Waals surface area (Å²) in [5.41, 5.74) is 1.51. The van der Waals surface area contributed by atoms with Crippen molar-refractivity contribution in [2.24, 2.45) is 0 Å². The molecule has 0 aliphatic heterocycles. The lowest BCUT2D eigenvalue weighted by atomic mass is 10.1. The Kier molecular flexibility index (Phi) is 2.65. The monoisotopic (exact) mass is 212 g/mol. The number of amides is 1. The zero-order chi connectivity index (χ0) is 11.5. The number of aromatic amines is 1. The number of para-hydroxylation sites is 1. The van der Waals surface area contributed by atoms with Crippen LogP contribution < -0.4 is 0 Å². The summed E-state index contributed by atoms with van der Waals surface area (Å²) in [6, 6.07) is 7.57. The van der Waals surface area contributed by atoms with Crippen LogP contribution in [0.3, 0.4) is 0 Å². The Balaban J connectivity index is 2.44. The lowest BCUT2D eigenvalue weighted by Gasteiger charge is -2.14. The molecule has 3 nitrogen and oxygen atoms in total. The molecule has 0 spiro atoms. The number of hydrogen-bond acceptors (Lipinski definition) is 1. The fourth-order valence-electron chi connectivity index (χ4n) is 1.68. The van der Waals surface area contributed by atoms with E-state index < -0.39 is 0 Å². The van der Waals surface area contributed by atoms with Crippen molar-refractivity contribution in [3.63, 3.8) is 0 Å². The molecule has 1 aromatic heterocycles. The molecule has 2 rings (SSSR count). The predicted molar refractivity (Wildman–Crippen MR) is 64.1 cm³/mol. The third-order valence-electron chi connectivity index (χ3n) is 2.49. The maximum absolute atomic E-state index is 12.1. The highest BCUT2D eigenvalue weighted by molar-refractivity contribution is 6.05. The standard InChI is InChI=1S/C13H12N2O/c1-3-9-15(2)13(16)11-6-4-5-10-7-8-14-12(10)11/h1,4-8,14H,9H2,2H3. The highest BCUT2D eigenvalue weighted by Gasteiger charge is 2.13. The Labute approximate surface area is 94.1 Å². The summed E-state index contributed by atoms with van der Waals surface area (Å²) in [6.07, 6.45) is 7.01. The lowest BCUT2D eigenvalue weighted by Crippen LogP contribution is -2.27. The van der Waals surface area contributed by atoms with Gasteiger partial charge in [-0.25, -0.2) is 0 Å². The first-order valence-corrected chi connectivity index (χ1v) is 4.99. The summed E-state index contributed by atoms with van der Waals surface area (Å²) in [7, 11) is 1.70. The van der Waals surface area contributed by atoms with E-state index in [4.69, 9.17) is 6.42 Å². The maximum Gasteiger partial charge on any atom is 0.256 e. The molecule has 16 heavy (non-hydrogen) atoms. The van der Waals surface area contributed by atoms with Crippen LogP contribution in [0.2, 0.25) is 0 Å². The minimum atomic E-state index is -0.0639. The van der Waals surface area contributed by atoms with Gasteiger partial charge in [-0.3, -0.25) is 4.79 Å². The van der Waals surface area contributed by atoms with E-state index in [1.165, 1.54) is 4.90 Å². The fraction of sp³-hybridized carbons (Fsp3) is 0.154. The van der Waals surface area contributed by atoms with Crippen molar-refractivity contribution in [2.45, 2.75) is 0 Å². The number of rotatable bonds is 2. The topological polar surface area (TPSA) is 36.1 Å². The number of carbonyl (C=O) groups is 1. The number of benzene rings is 1. The van der Waals surface area contributed by atoms with Crippen LogP contribution in [-0.4, -0.2) is 29.4 Å². The van der Waals surface area contributed by atoms with Crippen LogP contribution in [0.1, 0.15) is 10.4 Å². The fourth-order valence-corrected chi connectivity index (χ4v) is 1.68. The van der Waals surface area contributed by atoms with Gasteiger partial charge in [-0.1, -0.05) is 18.1 Å². The van der Waals surface area contributed by atoms with Gasteiger partial charge in [0.1, 0.15) is 0 Å². The van der Waals surface area contributed by atoms with Gasteiger partial charge in [0.25, 0.3) is 5.91 Å². The molecule has 1 aromatic carbocycles. The predicted octanol–water partition coefficient (Wildman–Crippen LogP) is 1.87. The number of fused-ring (bicyclic) bond motifs is 1. The van der Waals surface area contributed by atoms with E-state index in [2.05, 4.69) is 10.9 Å². The minimum Gasteiger partial charge on any atom is -0.361 e. The number of nitrogens with one attached hydrogen (secondary N) is 1. The summed E-state index contributed by atoms with van der Waals surface area (Å²) in [6.45, 7) is 0.315. The number of aromatic nitrogens is 1. The van der Waals surface area contributed by atoms with E-state index in [1.807, 2.05) is 24.4 Å². The van der Waals surface area contributed by atoms with Crippen molar-refractivity contribution in [1.29, 1.82) is 0 Å². The van der Waals surface area contributed by atoms with Gasteiger partial charge in [0.05, 0.1) is 17.6 Å². The van der Waals surface area contributed by atoms with Crippen LogP contribution >= 0.6 is 0 Å². The van der Waals surface area contributed by atoms with Gasteiger partial charge < -0.3 is 9.88 Å². The first-order chi connectivity index (χ1) is 7.74. The van der Waals surface area contributed by atoms with Crippen molar-refractivity contribution in [3.8, 4) is 12.3 Å². The molecule has 1 amide bonds. The molecule has 80 valence electrons. The van der Waals surface area contributed by atoms with E-state index in [1.54, 1.807) is 13.1 Å².